The van der Waals surface area contributed by atoms with Crippen molar-refractivity contribution in [2.75, 3.05) is 6.61 Å². The van der Waals surface area contributed by atoms with Gasteiger partial charge in [-0.25, -0.2) is 0 Å². The van der Waals surface area contributed by atoms with Crippen LogP contribution in [0.25, 0.3) is 0 Å². The molecule has 0 atom stereocenters. The van der Waals surface area contributed by atoms with E-state index < -0.39 is 5.41 Å². The number of aromatic hydroxyl groups is 1. The summed E-state index contributed by atoms with van der Waals surface area (Å²) >= 11 is 0. The summed E-state index contributed by atoms with van der Waals surface area (Å²) < 4.78 is 5.28. The summed E-state index contributed by atoms with van der Waals surface area (Å²) in [7, 11) is 0. The van der Waals surface area contributed by atoms with E-state index in [4.69, 9.17) is 4.74 Å². The van der Waals surface area contributed by atoms with Gasteiger partial charge in [0.1, 0.15) is 6.29 Å². The number of rotatable bonds is 4. The van der Waals surface area contributed by atoms with E-state index in [0.717, 1.165) is 19.1 Å². The van der Waals surface area contributed by atoms with E-state index in [-0.39, 0.29) is 5.75 Å². The average molecular weight is 206 g/mol. The molecular weight excluding hydrogens is 192 g/mol. The third kappa shape index (κ3) is 1.58. The molecule has 1 fully saturated rings. The molecule has 1 saturated carbocycles. The maximum absolute atomic E-state index is 11.0. The van der Waals surface area contributed by atoms with Crippen LogP contribution in [-0.2, 0) is 10.2 Å². The Hall–Kier alpha value is -1.51. The van der Waals surface area contributed by atoms with E-state index in [1.807, 2.05) is 13.0 Å². The van der Waals surface area contributed by atoms with Gasteiger partial charge in [-0.3, -0.25) is 0 Å². The second-order valence-electron chi connectivity index (χ2n) is 3.86. The quantitative estimate of drug-likeness (QED) is 0.766. The van der Waals surface area contributed by atoms with Crippen LogP contribution in [0.3, 0.4) is 0 Å². The van der Waals surface area contributed by atoms with Crippen LogP contribution >= 0.6 is 0 Å². The van der Waals surface area contributed by atoms with Crippen molar-refractivity contribution >= 4 is 6.29 Å². The van der Waals surface area contributed by atoms with Gasteiger partial charge >= 0.3 is 0 Å². The molecule has 0 amide bonds. The molecule has 3 heteroatoms. The number of phenols is 1. The van der Waals surface area contributed by atoms with Crippen molar-refractivity contribution in [2.45, 2.75) is 25.2 Å². The van der Waals surface area contributed by atoms with Gasteiger partial charge in [0.05, 0.1) is 12.0 Å². The van der Waals surface area contributed by atoms with Crippen LogP contribution in [-0.4, -0.2) is 18.0 Å². The van der Waals surface area contributed by atoms with Gasteiger partial charge in [0.25, 0.3) is 0 Å². The molecule has 1 aliphatic carbocycles. The van der Waals surface area contributed by atoms with Gasteiger partial charge in [0.15, 0.2) is 11.5 Å². The fourth-order valence-corrected chi connectivity index (χ4v) is 1.78. The van der Waals surface area contributed by atoms with Crippen LogP contribution < -0.4 is 4.74 Å². The summed E-state index contributed by atoms with van der Waals surface area (Å²) in [6.45, 7) is 2.36. The first-order valence-corrected chi connectivity index (χ1v) is 5.15. The molecule has 0 aliphatic heterocycles. The lowest BCUT2D eigenvalue weighted by Crippen LogP contribution is -2.08. The minimum Gasteiger partial charge on any atom is -0.504 e. The molecule has 1 aliphatic rings. The molecule has 0 bridgehead atoms. The van der Waals surface area contributed by atoms with Gasteiger partial charge in [-0.2, -0.15) is 0 Å². The Kier molecular flexibility index (Phi) is 2.39. The molecule has 0 radical (unpaired) electrons. The zero-order valence-electron chi connectivity index (χ0n) is 8.69. The van der Waals surface area contributed by atoms with Crippen molar-refractivity contribution in [3.8, 4) is 11.5 Å². The van der Waals surface area contributed by atoms with Crippen molar-refractivity contribution in [1.29, 1.82) is 0 Å². The minimum absolute atomic E-state index is 0.115. The first-order chi connectivity index (χ1) is 7.23. The summed E-state index contributed by atoms with van der Waals surface area (Å²) in [6, 6.07) is 5.31. The summed E-state index contributed by atoms with van der Waals surface area (Å²) in [5.41, 5.74) is 0.250. The molecule has 1 aromatic carbocycles. The zero-order valence-corrected chi connectivity index (χ0v) is 8.69. The molecule has 0 heterocycles. The van der Waals surface area contributed by atoms with Gasteiger partial charge in [-0.1, -0.05) is 12.1 Å². The molecular formula is C12H14O3. The van der Waals surface area contributed by atoms with E-state index in [9.17, 15) is 9.90 Å². The second kappa shape index (κ2) is 3.57. The van der Waals surface area contributed by atoms with Gasteiger partial charge in [-0.05, 0) is 25.8 Å². The molecule has 2 rings (SSSR count). The molecule has 3 nitrogen and oxygen atoms in total. The fraction of sp³-hybridized carbons (Fsp3) is 0.417. The van der Waals surface area contributed by atoms with E-state index in [0.29, 0.717) is 17.9 Å². The van der Waals surface area contributed by atoms with Crippen LogP contribution in [0.4, 0.5) is 0 Å². The first kappa shape index (κ1) is 10.0. The maximum atomic E-state index is 11.0. The predicted octanol–water partition coefficient (Wildman–Crippen LogP) is 2.02. The Morgan fingerprint density at radius 1 is 1.53 bits per heavy atom. The Bertz CT molecular complexity index is 380. The van der Waals surface area contributed by atoms with Gasteiger partial charge < -0.3 is 14.6 Å². The van der Waals surface area contributed by atoms with Crippen LogP contribution in [0.1, 0.15) is 25.3 Å². The number of benzene rings is 1. The highest BCUT2D eigenvalue weighted by Gasteiger charge is 2.46. The third-order valence-corrected chi connectivity index (χ3v) is 2.85. The molecule has 1 N–H and O–H groups in total. The number of ether oxygens (including phenoxy) is 1. The fourth-order valence-electron chi connectivity index (χ4n) is 1.78. The standard InChI is InChI=1S/C12H14O3/c1-2-15-10-5-3-4-9(11(10)14)12(8-13)6-7-12/h3-5,8,14H,2,6-7H2,1H3. The Balaban J connectivity index is 2.40. The summed E-state index contributed by atoms with van der Waals surface area (Å²) in [5.74, 6) is 0.576. The van der Waals surface area contributed by atoms with E-state index in [2.05, 4.69) is 0 Å². The minimum atomic E-state index is -0.447. The van der Waals surface area contributed by atoms with Crippen molar-refractivity contribution in [3.05, 3.63) is 23.8 Å². The molecule has 80 valence electrons. The average Bonchev–Trinajstić information content (AvgIpc) is 3.02. The van der Waals surface area contributed by atoms with E-state index >= 15 is 0 Å². The highest BCUT2D eigenvalue weighted by Crippen LogP contribution is 2.51. The summed E-state index contributed by atoms with van der Waals surface area (Å²) in [5, 5.41) is 9.94. The SMILES string of the molecule is CCOc1cccc(C2(C=O)CC2)c1O. The number of para-hydroxylation sites is 1. The number of phenolic OH excluding ortho intramolecular Hbond substituents is 1. The van der Waals surface area contributed by atoms with Crippen molar-refractivity contribution < 1.29 is 14.6 Å². The molecule has 0 aromatic heterocycles. The topological polar surface area (TPSA) is 46.5 Å². The van der Waals surface area contributed by atoms with Crippen LogP contribution in [0.5, 0.6) is 11.5 Å². The molecule has 0 unspecified atom stereocenters. The normalized spacial score (nSPS) is 17.1. The number of carbonyl (C=O) groups excluding carboxylic acids is 1. The second-order valence-corrected chi connectivity index (χ2v) is 3.86. The van der Waals surface area contributed by atoms with Gasteiger partial charge in [-0.15, -0.1) is 0 Å². The van der Waals surface area contributed by atoms with Crippen LogP contribution in [0, 0.1) is 0 Å². The van der Waals surface area contributed by atoms with Gasteiger partial charge in [0, 0.05) is 5.56 Å². The van der Waals surface area contributed by atoms with Crippen LogP contribution in [0.2, 0.25) is 0 Å². The molecule has 0 saturated heterocycles. The molecule has 1 aromatic rings. The van der Waals surface area contributed by atoms with Gasteiger partial charge in [0.2, 0.25) is 0 Å². The Labute approximate surface area is 88.7 Å². The van der Waals surface area contributed by atoms with E-state index in [1.165, 1.54) is 0 Å². The van der Waals surface area contributed by atoms with Crippen molar-refractivity contribution in [1.82, 2.24) is 0 Å². The predicted molar refractivity (Wildman–Crippen MR) is 56.3 cm³/mol. The third-order valence-electron chi connectivity index (χ3n) is 2.85. The lowest BCUT2D eigenvalue weighted by atomic mass is 9.96. The lowest BCUT2D eigenvalue weighted by molar-refractivity contribution is -0.109. The number of hydrogen-bond acceptors (Lipinski definition) is 3. The first-order valence-electron chi connectivity index (χ1n) is 5.15. The largest absolute Gasteiger partial charge is 0.504 e. The summed E-state index contributed by atoms with van der Waals surface area (Å²) in [4.78, 5) is 11.0. The highest BCUT2D eigenvalue weighted by atomic mass is 16.5. The van der Waals surface area contributed by atoms with E-state index in [1.54, 1.807) is 12.1 Å². The molecule has 15 heavy (non-hydrogen) atoms. The number of hydrogen-bond donors (Lipinski definition) is 1. The number of carbonyl (C=O) groups is 1. The molecule has 0 spiro atoms. The van der Waals surface area contributed by atoms with Crippen LogP contribution in [0.15, 0.2) is 18.2 Å². The van der Waals surface area contributed by atoms with Crippen molar-refractivity contribution in [3.63, 3.8) is 0 Å². The Morgan fingerprint density at radius 3 is 2.80 bits per heavy atom. The Morgan fingerprint density at radius 2 is 2.27 bits per heavy atom. The number of aldehydes is 1. The monoisotopic (exact) mass is 206 g/mol. The van der Waals surface area contributed by atoms with Crippen molar-refractivity contribution in [2.24, 2.45) is 0 Å². The maximum Gasteiger partial charge on any atom is 0.161 e. The smallest absolute Gasteiger partial charge is 0.161 e. The lowest BCUT2D eigenvalue weighted by Gasteiger charge is -2.13. The zero-order chi connectivity index (χ0) is 10.9. The summed E-state index contributed by atoms with van der Waals surface area (Å²) in [6.07, 6.45) is 2.57. The highest BCUT2D eigenvalue weighted by molar-refractivity contribution is 5.75.